The van der Waals surface area contributed by atoms with E-state index >= 15 is 0 Å². The van der Waals surface area contributed by atoms with Gasteiger partial charge < -0.3 is 23.3 Å². The van der Waals surface area contributed by atoms with Crippen LogP contribution >= 0.6 is 0 Å². The summed E-state index contributed by atoms with van der Waals surface area (Å²) in [5.41, 5.74) is -0.256. The summed E-state index contributed by atoms with van der Waals surface area (Å²) in [7, 11) is 2.54. The molecule has 1 aromatic rings. The Bertz CT molecular complexity index is 433. The third-order valence-corrected chi connectivity index (χ3v) is 2.85. The average Bonchev–Trinajstić information content (AvgIpc) is 2.36. The van der Waals surface area contributed by atoms with Gasteiger partial charge in [-0.25, -0.2) is 0 Å². The van der Waals surface area contributed by atoms with E-state index in [0.717, 1.165) is 6.07 Å². The SMILES string of the molecule is [CH2-]CC[C@H]([CH2-])c1cc(OC)c(C(F)(F)F)cc1OC.[Ni+2]. The van der Waals surface area contributed by atoms with Crippen molar-refractivity contribution in [2.75, 3.05) is 14.2 Å². The summed E-state index contributed by atoms with van der Waals surface area (Å²) in [6.07, 6.45) is -3.19. The first kappa shape index (κ1) is 19.1. The molecule has 0 heterocycles. The van der Waals surface area contributed by atoms with Gasteiger partial charge in [-0.2, -0.15) is 19.6 Å². The third kappa shape index (κ3) is 4.30. The second-order valence-electron chi connectivity index (χ2n) is 4.13. The van der Waals surface area contributed by atoms with Crippen LogP contribution in [-0.4, -0.2) is 14.2 Å². The molecular formula is C14H17F3NiO2. The van der Waals surface area contributed by atoms with Crippen LogP contribution in [0.4, 0.5) is 13.2 Å². The molecule has 0 radical (unpaired) electrons. The van der Waals surface area contributed by atoms with Gasteiger partial charge in [-0.1, -0.05) is 0 Å². The van der Waals surface area contributed by atoms with Crippen LogP contribution in [0.5, 0.6) is 11.5 Å². The summed E-state index contributed by atoms with van der Waals surface area (Å²) in [4.78, 5) is 0. The maximum Gasteiger partial charge on any atom is 2.00 e. The summed E-state index contributed by atoms with van der Waals surface area (Å²) in [6, 6.07) is 2.30. The molecule has 6 heteroatoms. The van der Waals surface area contributed by atoms with Crippen molar-refractivity contribution in [1.82, 2.24) is 0 Å². The Labute approximate surface area is 127 Å². The molecule has 0 amide bonds. The van der Waals surface area contributed by atoms with Crippen molar-refractivity contribution in [3.8, 4) is 11.5 Å². The van der Waals surface area contributed by atoms with Crippen LogP contribution in [0.2, 0.25) is 0 Å². The molecule has 0 unspecified atom stereocenters. The molecule has 2 nitrogen and oxygen atoms in total. The molecule has 1 aromatic carbocycles. The van der Waals surface area contributed by atoms with Gasteiger partial charge in [-0.05, 0) is 17.7 Å². The minimum absolute atomic E-state index is 0. The van der Waals surface area contributed by atoms with E-state index in [2.05, 4.69) is 13.8 Å². The zero-order chi connectivity index (χ0) is 14.6. The van der Waals surface area contributed by atoms with E-state index in [1.807, 2.05) is 0 Å². The predicted octanol–water partition coefficient (Wildman–Crippen LogP) is 4.25. The van der Waals surface area contributed by atoms with Crippen LogP contribution in [0, 0.1) is 13.8 Å². The molecular weight excluding hydrogens is 316 g/mol. The summed E-state index contributed by atoms with van der Waals surface area (Å²) in [5, 5.41) is 0. The summed E-state index contributed by atoms with van der Waals surface area (Å²) in [5.74, 6) is -0.244. The van der Waals surface area contributed by atoms with E-state index in [-0.39, 0.29) is 33.9 Å². The predicted molar refractivity (Wildman–Crippen MR) is 67.2 cm³/mol. The van der Waals surface area contributed by atoms with Gasteiger partial charge in [0.25, 0.3) is 0 Å². The smallest absolute Gasteiger partial charge is 0.497 e. The first-order chi connectivity index (χ1) is 8.85. The van der Waals surface area contributed by atoms with Crippen molar-refractivity contribution in [2.45, 2.75) is 24.9 Å². The number of hydrogen-bond donors (Lipinski definition) is 0. The number of hydrogen-bond acceptors (Lipinski definition) is 2. The first-order valence-corrected chi connectivity index (χ1v) is 5.80. The summed E-state index contributed by atoms with van der Waals surface area (Å²) in [6.45, 7) is 7.63. The molecule has 0 bridgehead atoms. The topological polar surface area (TPSA) is 18.5 Å². The van der Waals surface area contributed by atoms with Crippen molar-refractivity contribution in [2.24, 2.45) is 0 Å². The number of benzene rings is 1. The van der Waals surface area contributed by atoms with Crippen molar-refractivity contribution in [1.29, 1.82) is 0 Å². The van der Waals surface area contributed by atoms with Crippen molar-refractivity contribution in [3.63, 3.8) is 0 Å². The first-order valence-electron chi connectivity index (χ1n) is 5.80. The Balaban J connectivity index is 0.00000361. The van der Waals surface area contributed by atoms with E-state index in [1.165, 1.54) is 20.3 Å². The van der Waals surface area contributed by atoms with Gasteiger partial charge in [0.05, 0.1) is 14.2 Å². The van der Waals surface area contributed by atoms with Gasteiger partial charge in [0, 0.05) is 0 Å². The molecule has 1 rings (SSSR count). The van der Waals surface area contributed by atoms with Crippen LogP contribution in [0.15, 0.2) is 12.1 Å². The maximum atomic E-state index is 12.9. The largest absolute Gasteiger partial charge is 2.00 e. The standard InChI is InChI=1S/C14H17F3O2.Ni/c1-5-6-9(2)10-7-13(19-4)11(14(15,16)17)8-12(10)18-3;/h7-9H,1-2,5-6H2,3-4H3;/q-2;+2/t9-;/m0./s1. The molecule has 0 saturated carbocycles. The molecule has 116 valence electrons. The number of alkyl halides is 3. The molecule has 0 saturated heterocycles. The monoisotopic (exact) mass is 332 g/mol. The fraction of sp³-hybridized carbons (Fsp3) is 0.429. The molecule has 0 aromatic heterocycles. The number of rotatable bonds is 5. The van der Waals surface area contributed by atoms with Crippen molar-refractivity contribution < 1.29 is 39.1 Å². The van der Waals surface area contributed by atoms with E-state index in [1.54, 1.807) is 0 Å². The second kappa shape index (κ2) is 7.77. The number of ether oxygens (including phenoxy) is 2. The molecule has 0 spiro atoms. The van der Waals surface area contributed by atoms with E-state index in [0.29, 0.717) is 18.4 Å². The number of methoxy groups -OCH3 is 2. The van der Waals surface area contributed by atoms with E-state index in [9.17, 15) is 13.2 Å². The number of halogens is 3. The Morgan fingerprint density at radius 3 is 2.10 bits per heavy atom. The van der Waals surface area contributed by atoms with Gasteiger partial charge in [0.1, 0.15) is 17.1 Å². The van der Waals surface area contributed by atoms with Crippen molar-refractivity contribution >= 4 is 0 Å². The Morgan fingerprint density at radius 2 is 1.70 bits per heavy atom. The normalized spacial score (nSPS) is 12.6. The van der Waals surface area contributed by atoms with E-state index < -0.39 is 11.7 Å². The van der Waals surface area contributed by atoms with Gasteiger partial charge in [-0.15, -0.1) is 12.3 Å². The quantitative estimate of drug-likeness (QED) is 0.592. The third-order valence-electron chi connectivity index (χ3n) is 2.85. The minimum atomic E-state index is -4.49. The fourth-order valence-corrected chi connectivity index (χ4v) is 1.86. The van der Waals surface area contributed by atoms with Gasteiger partial charge in [0.15, 0.2) is 0 Å². The van der Waals surface area contributed by atoms with Gasteiger partial charge >= 0.3 is 22.7 Å². The van der Waals surface area contributed by atoms with Gasteiger partial charge in [-0.3, -0.25) is 0 Å². The van der Waals surface area contributed by atoms with Crippen LogP contribution < -0.4 is 9.47 Å². The van der Waals surface area contributed by atoms with Crippen LogP contribution in [0.1, 0.15) is 29.9 Å². The molecule has 0 aliphatic heterocycles. The summed E-state index contributed by atoms with van der Waals surface area (Å²) < 4.78 is 48.5. The maximum absolute atomic E-state index is 12.9. The van der Waals surface area contributed by atoms with E-state index in [4.69, 9.17) is 9.47 Å². The van der Waals surface area contributed by atoms with Gasteiger partial charge in [0.2, 0.25) is 0 Å². The molecule has 0 fully saturated rings. The van der Waals surface area contributed by atoms with Crippen LogP contribution in [-0.2, 0) is 22.7 Å². The molecule has 0 aliphatic carbocycles. The minimum Gasteiger partial charge on any atom is -0.497 e. The zero-order valence-corrected chi connectivity index (χ0v) is 12.3. The van der Waals surface area contributed by atoms with Crippen LogP contribution in [0.25, 0.3) is 0 Å². The molecule has 1 atom stereocenters. The fourth-order valence-electron chi connectivity index (χ4n) is 1.86. The van der Waals surface area contributed by atoms with Crippen molar-refractivity contribution in [3.05, 3.63) is 37.1 Å². The Kier molecular flexibility index (Phi) is 7.42. The molecule has 0 aliphatic rings. The van der Waals surface area contributed by atoms with Crippen LogP contribution in [0.3, 0.4) is 0 Å². The Hall–Kier alpha value is -0.896. The zero-order valence-electron chi connectivity index (χ0n) is 11.3. The Morgan fingerprint density at radius 1 is 1.15 bits per heavy atom. The average molecular weight is 333 g/mol. The molecule has 20 heavy (non-hydrogen) atoms. The second-order valence-corrected chi connectivity index (χ2v) is 4.13. The summed E-state index contributed by atoms with van der Waals surface area (Å²) >= 11 is 0. The molecule has 0 N–H and O–H groups in total.